The molecule has 32 heavy (non-hydrogen) atoms. The fourth-order valence-corrected chi connectivity index (χ4v) is 3.68. The molecule has 0 spiro atoms. The minimum atomic E-state index is 0.242. The van der Waals surface area contributed by atoms with Gasteiger partial charge in [-0.3, -0.25) is 0 Å². The second kappa shape index (κ2) is 10.3. The zero-order valence-corrected chi connectivity index (χ0v) is 18.8. The van der Waals surface area contributed by atoms with Crippen molar-refractivity contribution in [2.24, 2.45) is 0 Å². The van der Waals surface area contributed by atoms with E-state index in [1.165, 1.54) is 5.56 Å². The van der Waals surface area contributed by atoms with Gasteiger partial charge in [0.2, 0.25) is 6.79 Å². The van der Waals surface area contributed by atoms with Crippen molar-refractivity contribution in [1.82, 2.24) is 4.90 Å². The molecule has 3 aromatic rings. The highest BCUT2D eigenvalue weighted by molar-refractivity contribution is 5.52. The van der Waals surface area contributed by atoms with E-state index in [0.717, 1.165) is 59.4 Å². The largest absolute Gasteiger partial charge is 0.493 e. The fraction of sp³-hybridized carbons (Fsp3) is 0.308. The molecule has 0 N–H and O–H groups in total. The van der Waals surface area contributed by atoms with Gasteiger partial charge in [0.05, 0.1) is 14.2 Å². The number of ether oxygens (including phenoxy) is 5. The monoisotopic (exact) mass is 435 g/mol. The summed E-state index contributed by atoms with van der Waals surface area (Å²) in [4.78, 5) is 2.27. The van der Waals surface area contributed by atoms with Crippen LogP contribution in [-0.2, 0) is 19.6 Å². The van der Waals surface area contributed by atoms with Gasteiger partial charge in [-0.25, -0.2) is 0 Å². The highest BCUT2D eigenvalue weighted by atomic mass is 16.7. The molecule has 0 saturated carbocycles. The number of methoxy groups -OCH3 is 2. The van der Waals surface area contributed by atoms with Gasteiger partial charge in [0.25, 0.3) is 0 Å². The zero-order chi connectivity index (χ0) is 22.3. The Labute approximate surface area is 189 Å². The number of likely N-dealkylation sites (N-methyl/N-ethyl adjacent to an activating group) is 1. The van der Waals surface area contributed by atoms with Crippen LogP contribution in [0.3, 0.4) is 0 Å². The first kappa shape index (κ1) is 21.8. The summed E-state index contributed by atoms with van der Waals surface area (Å²) in [5, 5.41) is 0. The number of nitrogens with zero attached hydrogens (tertiary/aromatic N) is 1. The molecule has 4 rings (SSSR count). The molecule has 1 heterocycles. The van der Waals surface area contributed by atoms with Gasteiger partial charge in [-0.1, -0.05) is 36.4 Å². The Bertz CT molecular complexity index is 1040. The molecule has 0 saturated heterocycles. The van der Waals surface area contributed by atoms with Crippen molar-refractivity contribution in [3.05, 3.63) is 77.4 Å². The molecule has 0 fully saturated rings. The third-order valence-corrected chi connectivity index (χ3v) is 5.46. The molecular formula is C26H29NO5. The van der Waals surface area contributed by atoms with E-state index < -0.39 is 0 Å². The Hall–Kier alpha value is -3.38. The first-order chi connectivity index (χ1) is 15.7. The van der Waals surface area contributed by atoms with Crippen molar-refractivity contribution in [3.63, 3.8) is 0 Å². The second-order valence-corrected chi connectivity index (χ2v) is 7.76. The quantitative estimate of drug-likeness (QED) is 0.461. The van der Waals surface area contributed by atoms with Crippen LogP contribution in [0.2, 0.25) is 0 Å². The normalized spacial score (nSPS) is 12.1. The molecule has 6 heteroatoms. The molecule has 1 aliphatic heterocycles. The van der Waals surface area contributed by atoms with Gasteiger partial charge in [-0.05, 0) is 42.8 Å². The maximum atomic E-state index is 6.18. The molecule has 0 bridgehead atoms. The smallest absolute Gasteiger partial charge is 0.231 e. The van der Waals surface area contributed by atoms with Crippen LogP contribution in [0.5, 0.6) is 28.7 Å². The lowest BCUT2D eigenvalue weighted by Gasteiger charge is -2.20. The van der Waals surface area contributed by atoms with E-state index in [4.69, 9.17) is 23.7 Å². The summed E-state index contributed by atoms with van der Waals surface area (Å²) in [7, 11) is 5.41. The lowest BCUT2D eigenvalue weighted by molar-refractivity contribution is 0.173. The Morgan fingerprint density at radius 3 is 2.31 bits per heavy atom. The molecular weight excluding hydrogens is 406 g/mol. The molecule has 0 unspecified atom stereocenters. The van der Waals surface area contributed by atoms with Gasteiger partial charge in [0.1, 0.15) is 12.4 Å². The van der Waals surface area contributed by atoms with E-state index in [2.05, 4.69) is 30.1 Å². The summed E-state index contributed by atoms with van der Waals surface area (Å²) >= 11 is 0. The Balaban J connectivity index is 1.43. The van der Waals surface area contributed by atoms with Crippen molar-refractivity contribution >= 4 is 0 Å². The summed E-state index contributed by atoms with van der Waals surface area (Å²) in [6.07, 6.45) is 0.890. The van der Waals surface area contributed by atoms with Crippen LogP contribution in [0.4, 0.5) is 0 Å². The van der Waals surface area contributed by atoms with Gasteiger partial charge >= 0.3 is 0 Å². The van der Waals surface area contributed by atoms with E-state index in [0.29, 0.717) is 6.61 Å². The lowest BCUT2D eigenvalue weighted by Crippen LogP contribution is -2.21. The summed E-state index contributed by atoms with van der Waals surface area (Å²) < 4.78 is 28.1. The van der Waals surface area contributed by atoms with Gasteiger partial charge in [-0.2, -0.15) is 0 Å². The van der Waals surface area contributed by atoms with Gasteiger partial charge in [0, 0.05) is 24.7 Å². The van der Waals surface area contributed by atoms with Crippen LogP contribution in [0.25, 0.3) is 0 Å². The van der Waals surface area contributed by atoms with Crippen LogP contribution in [-0.4, -0.2) is 39.5 Å². The SMILES string of the molecule is COc1ccc(CCN(C)Cc2cc3c(cc2OCc2ccccc2)OCO3)cc1OC. The maximum absolute atomic E-state index is 6.18. The zero-order valence-electron chi connectivity index (χ0n) is 18.8. The number of fused-ring (bicyclic) bond motifs is 1. The van der Waals surface area contributed by atoms with Gasteiger partial charge in [-0.15, -0.1) is 0 Å². The van der Waals surface area contributed by atoms with E-state index >= 15 is 0 Å². The highest BCUT2D eigenvalue weighted by Crippen LogP contribution is 2.39. The summed E-state index contributed by atoms with van der Waals surface area (Å²) in [5.41, 5.74) is 3.39. The average molecular weight is 436 g/mol. The van der Waals surface area contributed by atoms with Crippen molar-refractivity contribution in [1.29, 1.82) is 0 Å². The van der Waals surface area contributed by atoms with Crippen LogP contribution in [0.1, 0.15) is 16.7 Å². The molecule has 3 aromatic carbocycles. The molecule has 0 aliphatic carbocycles. The number of hydrogen-bond donors (Lipinski definition) is 0. The minimum absolute atomic E-state index is 0.242. The summed E-state index contributed by atoms with van der Waals surface area (Å²) in [5.74, 6) is 3.80. The molecule has 0 aromatic heterocycles. The molecule has 168 valence electrons. The standard InChI is InChI=1S/C26H29NO5/c1-27(12-11-19-9-10-22(28-2)24(13-19)29-3)16-21-14-25-26(32-18-31-25)15-23(21)30-17-20-7-5-4-6-8-20/h4-10,13-15H,11-12,16-18H2,1-3H3. The molecule has 1 aliphatic rings. The van der Waals surface area contributed by atoms with Crippen LogP contribution in [0.15, 0.2) is 60.7 Å². The summed E-state index contributed by atoms with van der Waals surface area (Å²) in [6.45, 7) is 2.35. The van der Waals surface area contributed by atoms with Gasteiger partial charge < -0.3 is 28.6 Å². The Morgan fingerprint density at radius 1 is 0.812 bits per heavy atom. The molecule has 6 nitrogen and oxygen atoms in total. The Kier molecular flexibility index (Phi) is 7.02. The van der Waals surface area contributed by atoms with Crippen molar-refractivity contribution in [2.75, 3.05) is 34.6 Å². The van der Waals surface area contributed by atoms with E-state index in [1.807, 2.05) is 42.5 Å². The third-order valence-electron chi connectivity index (χ3n) is 5.46. The fourth-order valence-electron chi connectivity index (χ4n) is 3.68. The first-order valence-corrected chi connectivity index (χ1v) is 10.6. The molecule has 0 atom stereocenters. The number of hydrogen-bond acceptors (Lipinski definition) is 6. The Morgan fingerprint density at radius 2 is 1.56 bits per heavy atom. The lowest BCUT2D eigenvalue weighted by atomic mass is 10.1. The average Bonchev–Trinajstić information content (AvgIpc) is 3.29. The topological polar surface area (TPSA) is 49.4 Å². The van der Waals surface area contributed by atoms with E-state index in [-0.39, 0.29) is 6.79 Å². The molecule has 0 radical (unpaired) electrons. The highest BCUT2D eigenvalue weighted by Gasteiger charge is 2.19. The van der Waals surface area contributed by atoms with Crippen LogP contribution in [0, 0.1) is 0 Å². The van der Waals surface area contributed by atoms with Crippen molar-refractivity contribution in [2.45, 2.75) is 19.6 Å². The van der Waals surface area contributed by atoms with Crippen molar-refractivity contribution < 1.29 is 23.7 Å². The predicted molar refractivity (Wildman–Crippen MR) is 123 cm³/mol. The maximum Gasteiger partial charge on any atom is 0.231 e. The number of rotatable bonds is 10. The van der Waals surface area contributed by atoms with E-state index in [1.54, 1.807) is 14.2 Å². The first-order valence-electron chi connectivity index (χ1n) is 10.6. The van der Waals surface area contributed by atoms with Crippen LogP contribution < -0.4 is 23.7 Å². The van der Waals surface area contributed by atoms with Crippen LogP contribution >= 0.6 is 0 Å². The predicted octanol–water partition coefficient (Wildman–Crippen LogP) is 4.69. The van der Waals surface area contributed by atoms with Crippen molar-refractivity contribution in [3.8, 4) is 28.7 Å². The molecule has 0 amide bonds. The van der Waals surface area contributed by atoms with Gasteiger partial charge in [0.15, 0.2) is 23.0 Å². The third kappa shape index (κ3) is 5.26. The summed E-state index contributed by atoms with van der Waals surface area (Å²) in [6, 6.07) is 20.2. The van der Waals surface area contributed by atoms with E-state index in [9.17, 15) is 0 Å². The second-order valence-electron chi connectivity index (χ2n) is 7.76. The number of benzene rings is 3. The minimum Gasteiger partial charge on any atom is -0.493 e.